The minimum absolute atomic E-state index is 0.00179. The topological polar surface area (TPSA) is 58.8 Å². The molecule has 0 spiro atoms. The number of ether oxygens (including phenoxy) is 1. The van der Waals surface area contributed by atoms with Gasteiger partial charge in [-0.25, -0.2) is 0 Å². The molecule has 6 heteroatoms. The lowest BCUT2D eigenvalue weighted by Gasteiger charge is -2.34. The van der Waals surface area contributed by atoms with Crippen LogP contribution in [-0.2, 0) is 13.0 Å². The van der Waals surface area contributed by atoms with E-state index in [1.807, 2.05) is 35.2 Å². The van der Waals surface area contributed by atoms with Gasteiger partial charge in [0.15, 0.2) is 0 Å². The summed E-state index contributed by atoms with van der Waals surface area (Å²) in [5.74, 6) is 1.59. The normalized spacial score (nSPS) is 16.4. The van der Waals surface area contributed by atoms with Crippen molar-refractivity contribution >= 4 is 5.91 Å². The van der Waals surface area contributed by atoms with E-state index in [0.717, 1.165) is 44.0 Å². The Bertz CT molecular complexity index is 1050. The Labute approximate surface area is 176 Å². The molecule has 0 unspecified atom stereocenters. The van der Waals surface area contributed by atoms with Crippen molar-refractivity contribution in [1.82, 2.24) is 15.0 Å². The summed E-state index contributed by atoms with van der Waals surface area (Å²) in [7, 11) is 0. The number of fused-ring (bicyclic) bond motifs is 1. The summed E-state index contributed by atoms with van der Waals surface area (Å²) in [5, 5.41) is 4.16. The molecular weight excluding hydrogens is 378 g/mol. The van der Waals surface area contributed by atoms with Gasteiger partial charge in [-0.1, -0.05) is 47.6 Å². The SMILES string of the molecule is Cc1onc(-c2ccccc2)c1C(=O)N1CCN(Cc2ccc3c(c2)CCO3)CC1. The average Bonchev–Trinajstić information content (AvgIpc) is 3.40. The monoisotopic (exact) mass is 403 g/mol. The maximum absolute atomic E-state index is 13.3. The van der Waals surface area contributed by atoms with E-state index in [2.05, 4.69) is 28.3 Å². The van der Waals surface area contributed by atoms with Crippen LogP contribution in [0.4, 0.5) is 0 Å². The quantitative estimate of drug-likeness (QED) is 0.667. The van der Waals surface area contributed by atoms with Gasteiger partial charge in [-0.3, -0.25) is 9.69 Å². The molecule has 2 aromatic carbocycles. The lowest BCUT2D eigenvalue weighted by molar-refractivity contribution is 0.0627. The van der Waals surface area contributed by atoms with Crippen molar-refractivity contribution in [2.24, 2.45) is 0 Å². The van der Waals surface area contributed by atoms with Gasteiger partial charge in [-0.15, -0.1) is 0 Å². The molecule has 0 atom stereocenters. The summed E-state index contributed by atoms with van der Waals surface area (Å²) in [6.45, 7) is 6.59. The molecule has 5 rings (SSSR count). The first-order valence-corrected chi connectivity index (χ1v) is 10.5. The maximum Gasteiger partial charge on any atom is 0.259 e. The number of carbonyl (C=O) groups is 1. The van der Waals surface area contributed by atoms with Crippen molar-refractivity contribution < 1.29 is 14.1 Å². The number of benzene rings is 2. The highest BCUT2D eigenvalue weighted by Crippen LogP contribution is 2.28. The number of carbonyl (C=O) groups excluding carboxylic acids is 1. The Balaban J connectivity index is 1.25. The van der Waals surface area contributed by atoms with E-state index in [9.17, 15) is 4.79 Å². The zero-order valence-electron chi connectivity index (χ0n) is 17.1. The fourth-order valence-corrected chi connectivity index (χ4v) is 4.28. The first kappa shape index (κ1) is 18.9. The number of rotatable bonds is 4. The van der Waals surface area contributed by atoms with Crippen molar-refractivity contribution in [3.05, 3.63) is 71.0 Å². The van der Waals surface area contributed by atoms with Crippen LogP contribution < -0.4 is 4.74 Å². The van der Waals surface area contributed by atoms with E-state index in [1.165, 1.54) is 11.1 Å². The molecule has 154 valence electrons. The molecule has 3 aromatic rings. The molecular formula is C24H25N3O3. The van der Waals surface area contributed by atoms with Gasteiger partial charge in [0.05, 0.1) is 6.61 Å². The zero-order chi connectivity index (χ0) is 20.5. The van der Waals surface area contributed by atoms with Crippen LogP contribution in [-0.4, -0.2) is 53.6 Å². The summed E-state index contributed by atoms with van der Waals surface area (Å²) in [6, 6.07) is 16.2. The van der Waals surface area contributed by atoms with Crippen LogP contribution in [0.15, 0.2) is 53.1 Å². The Morgan fingerprint density at radius 2 is 1.87 bits per heavy atom. The summed E-state index contributed by atoms with van der Waals surface area (Å²) in [6.07, 6.45) is 0.993. The Morgan fingerprint density at radius 3 is 2.67 bits per heavy atom. The Morgan fingerprint density at radius 1 is 1.07 bits per heavy atom. The highest BCUT2D eigenvalue weighted by atomic mass is 16.5. The maximum atomic E-state index is 13.3. The van der Waals surface area contributed by atoms with E-state index >= 15 is 0 Å². The molecule has 2 aliphatic rings. The van der Waals surface area contributed by atoms with Gasteiger partial charge >= 0.3 is 0 Å². The lowest BCUT2D eigenvalue weighted by Crippen LogP contribution is -2.48. The van der Waals surface area contributed by atoms with Crippen molar-refractivity contribution in [2.45, 2.75) is 19.9 Å². The van der Waals surface area contributed by atoms with Crippen LogP contribution in [0.25, 0.3) is 11.3 Å². The largest absolute Gasteiger partial charge is 0.493 e. The van der Waals surface area contributed by atoms with Crippen molar-refractivity contribution in [1.29, 1.82) is 0 Å². The number of aryl methyl sites for hydroxylation is 1. The van der Waals surface area contributed by atoms with Gasteiger partial charge in [0.1, 0.15) is 22.8 Å². The van der Waals surface area contributed by atoms with Crippen LogP contribution in [0.3, 0.4) is 0 Å². The van der Waals surface area contributed by atoms with E-state index in [1.54, 1.807) is 6.92 Å². The Kier molecular flexibility index (Phi) is 5.01. The summed E-state index contributed by atoms with van der Waals surface area (Å²) in [5.41, 5.74) is 4.71. The van der Waals surface area contributed by atoms with Crippen molar-refractivity contribution in [2.75, 3.05) is 32.8 Å². The minimum Gasteiger partial charge on any atom is -0.493 e. The molecule has 0 N–H and O–H groups in total. The summed E-state index contributed by atoms with van der Waals surface area (Å²) < 4.78 is 11.0. The highest BCUT2D eigenvalue weighted by molar-refractivity contribution is 6.00. The first-order chi connectivity index (χ1) is 14.7. The molecule has 1 amide bonds. The smallest absolute Gasteiger partial charge is 0.259 e. The van der Waals surface area contributed by atoms with Gasteiger partial charge in [-0.05, 0) is 24.1 Å². The highest BCUT2D eigenvalue weighted by Gasteiger charge is 2.28. The molecule has 0 saturated carbocycles. The summed E-state index contributed by atoms with van der Waals surface area (Å²) in [4.78, 5) is 17.6. The van der Waals surface area contributed by atoms with E-state index in [0.29, 0.717) is 30.1 Å². The van der Waals surface area contributed by atoms with E-state index in [-0.39, 0.29) is 5.91 Å². The first-order valence-electron chi connectivity index (χ1n) is 10.5. The number of aromatic nitrogens is 1. The molecule has 1 saturated heterocycles. The van der Waals surface area contributed by atoms with Crippen LogP contribution >= 0.6 is 0 Å². The fourth-order valence-electron chi connectivity index (χ4n) is 4.28. The summed E-state index contributed by atoms with van der Waals surface area (Å²) >= 11 is 0. The number of hydrogen-bond donors (Lipinski definition) is 0. The van der Waals surface area contributed by atoms with Gasteiger partial charge in [0, 0.05) is 44.7 Å². The number of amides is 1. The molecule has 2 aliphatic heterocycles. The minimum atomic E-state index is 0.00179. The zero-order valence-corrected chi connectivity index (χ0v) is 17.1. The van der Waals surface area contributed by atoms with Crippen LogP contribution in [0.1, 0.15) is 27.2 Å². The Hall–Kier alpha value is -3.12. The average molecular weight is 403 g/mol. The molecule has 0 bridgehead atoms. The van der Waals surface area contributed by atoms with Crippen LogP contribution in [0.5, 0.6) is 5.75 Å². The van der Waals surface area contributed by atoms with E-state index < -0.39 is 0 Å². The van der Waals surface area contributed by atoms with Gasteiger partial charge in [0.25, 0.3) is 5.91 Å². The van der Waals surface area contributed by atoms with Gasteiger partial charge in [-0.2, -0.15) is 0 Å². The predicted molar refractivity (Wildman–Crippen MR) is 113 cm³/mol. The molecule has 6 nitrogen and oxygen atoms in total. The standard InChI is InChI=1S/C24H25N3O3/c1-17-22(23(25-30-17)19-5-3-2-4-6-19)24(28)27-12-10-26(11-13-27)16-18-7-8-21-20(15-18)9-14-29-21/h2-8,15H,9-14,16H2,1H3. The number of nitrogens with zero attached hydrogens (tertiary/aromatic N) is 3. The molecule has 1 aromatic heterocycles. The van der Waals surface area contributed by atoms with Crippen LogP contribution in [0, 0.1) is 6.92 Å². The fraction of sp³-hybridized carbons (Fsp3) is 0.333. The third-order valence-corrected chi connectivity index (χ3v) is 5.94. The lowest BCUT2D eigenvalue weighted by atomic mass is 10.0. The molecule has 0 aliphatic carbocycles. The van der Waals surface area contributed by atoms with Gasteiger partial charge in [0.2, 0.25) is 0 Å². The predicted octanol–water partition coefficient (Wildman–Crippen LogP) is 3.54. The molecule has 1 fully saturated rings. The number of hydrogen-bond acceptors (Lipinski definition) is 5. The second-order valence-electron chi connectivity index (χ2n) is 7.94. The van der Waals surface area contributed by atoms with Crippen LogP contribution in [0.2, 0.25) is 0 Å². The van der Waals surface area contributed by atoms with E-state index in [4.69, 9.17) is 9.26 Å². The third kappa shape index (κ3) is 3.59. The van der Waals surface area contributed by atoms with Gasteiger partial charge < -0.3 is 14.2 Å². The van der Waals surface area contributed by atoms with Crippen molar-refractivity contribution in [3.63, 3.8) is 0 Å². The molecule has 0 radical (unpaired) electrons. The second kappa shape index (κ2) is 7.95. The third-order valence-electron chi connectivity index (χ3n) is 5.94. The molecule has 3 heterocycles. The number of piperazine rings is 1. The molecule has 30 heavy (non-hydrogen) atoms. The second-order valence-corrected chi connectivity index (χ2v) is 7.94. The van der Waals surface area contributed by atoms with Crippen molar-refractivity contribution in [3.8, 4) is 17.0 Å².